The minimum Gasteiger partial charge on any atom is -0.245 e. The summed E-state index contributed by atoms with van der Waals surface area (Å²) in [6.07, 6.45) is 1.50. The molecule has 0 spiro atoms. The molecule has 0 N–H and O–H groups in total. The van der Waals surface area contributed by atoms with Crippen LogP contribution < -0.4 is 0 Å². The van der Waals surface area contributed by atoms with E-state index in [1.807, 2.05) is 0 Å². The fourth-order valence-electron chi connectivity index (χ4n) is 0. The van der Waals surface area contributed by atoms with Crippen LogP contribution in [0.25, 0.3) is 0 Å². The van der Waals surface area contributed by atoms with Crippen molar-refractivity contribution in [1.29, 1.82) is 0 Å². The van der Waals surface area contributed by atoms with Crippen LogP contribution in [0.3, 0.4) is 0 Å². The Morgan fingerprint density at radius 3 is 1.75 bits per heavy atom. The number of hydrogen-bond acceptors (Lipinski definition) is 0. The van der Waals surface area contributed by atoms with Gasteiger partial charge in [0.05, 0.1) is 0 Å². The fourth-order valence-corrected chi connectivity index (χ4v) is 0. The van der Waals surface area contributed by atoms with Crippen molar-refractivity contribution in [1.82, 2.24) is 0 Å². The summed E-state index contributed by atoms with van der Waals surface area (Å²) >= 11 is 0. The van der Waals surface area contributed by atoms with Gasteiger partial charge in [-0.05, 0) is 0 Å². The predicted molar refractivity (Wildman–Crippen MR) is 15.6 cm³/mol. The maximum atomic E-state index is 3.25. The number of rotatable bonds is 0. The van der Waals surface area contributed by atoms with Gasteiger partial charge < -0.3 is 0 Å². The van der Waals surface area contributed by atoms with Crippen molar-refractivity contribution in [2.75, 3.05) is 0 Å². The summed E-state index contributed by atoms with van der Waals surface area (Å²) < 4.78 is 0. The molecule has 0 amide bonds. The van der Waals surface area contributed by atoms with E-state index >= 15 is 0 Å². The molecular weight excluding hydrogens is 231 g/mol. The number of allylic oxidation sites excluding steroid dienone is 1. The summed E-state index contributed by atoms with van der Waals surface area (Å²) in [4.78, 5) is 0. The van der Waals surface area contributed by atoms with Crippen molar-refractivity contribution in [2.24, 2.45) is 0 Å². The zero-order valence-corrected chi connectivity index (χ0v) is 4.58. The quantitative estimate of drug-likeness (QED) is 0.550. The van der Waals surface area contributed by atoms with E-state index in [1.165, 1.54) is 6.08 Å². The smallest absolute Gasteiger partial charge is 0.245 e. The zero-order valence-electron chi connectivity index (χ0n) is 2.31. The monoisotopic (exact) mass is 236 g/mol. The molecule has 0 aromatic rings. The first-order valence-corrected chi connectivity index (χ1v) is 0.816. The van der Waals surface area contributed by atoms with Gasteiger partial charge in [-0.15, -0.1) is 0 Å². The standard InChI is InChI=1S/C3H5.Pt/c1-3-2;/h3H,1-2H2;/q-1;+2. The summed E-state index contributed by atoms with van der Waals surface area (Å²) in [6, 6.07) is 0. The second kappa shape index (κ2) is 10.3. The second-order valence-electron chi connectivity index (χ2n) is 0.289. The minimum absolute atomic E-state index is 0. The zero-order chi connectivity index (χ0) is 2.71. The van der Waals surface area contributed by atoms with Crippen LogP contribution in [0, 0.1) is 6.92 Å². The van der Waals surface area contributed by atoms with E-state index in [0.29, 0.717) is 0 Å². The molecular formula is C3H5Pt+. The van der Waals surface area contributed by atoms with Crippen LogP contribution in [-0.2, 0) is 21.1 Å². The van der Waals surface area contributed by atoms with Gasteiger partial charge in [0.1, 0.15) is 0 Å². The first-order valence-electron chi connectivity index (χ1n) is 0.816. The molecule has 0 radical (unpaired) electrons. The van der Waals surface area contributed by atoms with E-state index in [2.05, 4.69) is 13.5 Å². The second-order valence-corrected chi connectivity index (χ2v) is 0.289. The average molecular weight is 236 g/mol. The van der Waals surface area contributed by atoms with Gasteiger partial charge in [0, 0.05) is 0 Å². The van der Waals surface area contributed by atoms with Gasteiger partial charge in [-0.25, -0.2) is 19.6 Å². The van der Waals surface area contributed by atoms with Crippen LogP contribution in [-0.4, -0.2) is 0 Å². The molecule has 0 saturated carbocycles. The third-order valence-corrected chi connectivity index (χ3v) is 0. The molecule has 0 rings (SSSR count). The van der Waals surface area contributed by atoms with Crippen molar-refractivity contribution in [3.05, 3.63) is 19.6 Å². The topological polar surface area (TPSA) is 0 Å². The molecule has 0 aliphatic carbocycles. The van der Waals surface area contributed by atoms with Crippen molar-refractivity contribution in [3.8, 4) is 0 Å². The van der Waals surface area contributed by atoms with Gasteiger partial charge in [0.25, 0.3) is 0 Å². The minimum atomic E-state index is 0. The molecule has 0 saturated heterocycles. The van der Waals surface area contributed by atoms with Crippen LogP contribution in [0.2, 0.25) is 0 Å². The molecule has 26 valence electrons. The summed E-state index contributed by atoms with van der Waals surface area (Å²) in [7, 11) is 0. The van der Waals surface area contributed by atoms with Gasteiger partial charge in [0.15, 0.2) is 0 Å². The van der Waals surface area contributed by atoms with Gasteiger partial charge in [-0.2, -0.15) is 0 Å². The normalized spacial score (nSPS) is 3.00. The molecule has 0 bridgehead atoms. The van der Waals surface area contributed by atoms with E-state index in [9.17, 15) is 0 Å². The molecule has 0 aliphatic heterocycles. The van der Waals surface area contributed by atoms with Crippen LogP contribution >= 0.6 is 0 Å². The SMILES string of the molecule is C=C[CH2-].[Pt+2]. The summed E-state index contributed by atoms with van der Waals surface area (Å²) in [5, 5.41) is 0. The Hall–Kier alpha value is 0.298. The maximum absolute atomic E-state index is 3.25. The first-order chi connectivity index (χ1) is 1.41. The summed E-state index contributed by atoms with van der Waals surface area (Å²) in [6.45, 7) is 6.50. The molecule has 0 aliphatic rings. The third-order valence-electron chi connectivity index (χ3n) is 0. The first kappa shape index (κ1) is 8.85. The van der Waals surface area contributed by atoms with Crippen molar-refractivity contribution in [2.45, 2.75) is 0 Å². The van der Waals surface area contributed by atoms with Gasteiger partial charge >= 0.3 is 21.1 Å². The van der Waals surface area contributed by atoms with Crippen LogP contribution in [0.4, 0.5) is 0 Å². The van der Waals surface area contributed by atoms with E-state index in [4.69, 9.17) is 0 Å². The molecule has 0 fully saturated rings. The molecule has 0 aromatic heterocycles. The Kier molecular flexibility index (Phi) is 22.9. The Balaban J connectivity index is 0. The van der Waals surface area contributed by atoms with E-state index in [-0.39, 0.29) is 21.1 Å². The molecule has 0 heterocycles. The Bertz CT molecular complexity index is 10.8. The third kappa shape index (κ3) is 43.5. The van der Waals surface area contributed by atoms with E-state index < -0.39 is 0 Å². The summed E-state index contributed by atoms with van der Waals surface area (Å²) in [5.41, 5.74) is 0. The van der Waals surface area contributed by atoms with Gasteiger partial charge in [-0.3, -0.25) is 0 Å². The van der Waals surface area contributed by atoms with Crippen LogP contribution in [0.15, 0.2) is 12.7 Å². The molecule has 4 heavy (non-hydrogen) atoms. The molecule has 0 nitrogen and oxygen atoms in total. The van der Waals surface area contributed by atoms with Gasteiger partial charge in [0.2, 0.25) is 0 Å². The Labute approximate surface area is 41.2 Å². The number of hydrogen-bond donors (Lipinski definition) is 0. The van der Waals surface area contributed by atoms with Crippen molar-refractivity contribution >= 4 is 0 Å². The molecule has 0 unspecified atom stereocenters. The molecule has 0 aromatic carbocycles. The van der Waals surface area contributed by atoms with Crippen LogP contribution in [0.5, 0.6) is 0 Å². The summed E-state index contributed by atoms with van der Waals surface area (Å²) in [5.74, 6) is 0. The largest absolute Gasteiger partial charge is 2.00 e. The molecule has 1 heteroatoms. The Morgan fingerprint density at radius 1 is 1.75 bits per heavy atom. The van der Waals surface area contributed by atoms with E-state index in [1.54, 1.807) is 0 Å². The molecule has 0 atom stereocenters. The average Bonchev–Trinajstić information content (AvgIpc) is 0.918. The maximum Gasteiger partial charge on any atom is 2.00 e. The van der Waals surface area contributed by atoms with Gasteiger partial charge in [-0.1, -0.05) is 0 Å². The fraction of sp³-hybridized carbons (Fsp3) is 0. The van der Waals surface area contributed by atoms with E-state index in [0.717, 1.165) is 0 Å². The van der Waals surface area contributed by atoms with Crippen LogP contribution in [0.1, 0.15) is 0 Å². The Morgan fingerprint density at radius 2 is 1.75 bits per heavy atom. The van der Waals surface area contributed by atoms with Crippen molar-refractivity contribution < 1.29 is 21.1 Å². The van der Waals surface area contributed by atoms with Crippen molar-refractivity contribution in [3.63, 3.8) is 0 Å². The predicted octanol–water partition coefficient (Wildman–Crippen LogP) is 1.00.